The van der Waals surface area contributed by atoms with Gasteiger partial charge in [0.05, 0.1) is 6.54 Å². The normalized spacial score (nSPS) is 18.1. The van der Waals surface area contributed by atoms with Crippen molar-refractivity contribution < 1.29 is 4.79 Å². The molecule has 1 amide bonds. The Labute approximate surface area is 106 Å². The number of amides is 1. The van der Waals surface area contributed by atoms with Gasteiger partial charge in [-0.25, -0.2) is 0 Å². The van der Waals surface area contributed by atoms with Crippen LogP contribution < -0.4 is 5.73 Å². The van der Waals surface area contributed by atoms with Crippen LogP contribution in [0.4, 0.5) is 0 Å². The average molecular weight is 253 g/mol. The number of nitrogens with two attached hydrogens (primary N) is 1. The van der Waals surface area contributed by atoms with Crippen molar-refractivity contribution in [3.8, 4) is 0 Å². The summed E-state index contributed by atoms with van der Waals surface area (Å²) in [5.74, 6) is 0.0722. The van der Waals surface area contributed by atoms with Crippen molar-refractivity contribution in [2.45, 2.75) is 13.0 Å². The molecule has 17 heavy (non-hydrogen) atoms. The molecule has 0 spiro atoms. The van der Waals surface area contributed by atoms with Crippen molar-refractivity contribution >= 4 is 17.2 Å². The van der Waals surface area contributed by atoms with Crippen LogP contribution in [0.1, 0.15) is 11.3 Å². The Bertz CT molecular complexity index is 353. The third-order valence-electron chi connectivity index (χ3n) is 3.08. The molecule has 0 saturated carbocycles. The van der Waals surface area contributed by atoms with Gasteiger partial charge >= 0.3 is 0 Å². The van der Waals surface area contributed by atoms with E-state index in [1.165, 1.54) is 4.88 Å². The summed E-state index contributed by atoms with van der Waals surface area (Å²) in [5, 5.41) is 2.11. The molecule has 1 saturated heterocycles. The second-order valence-corrected chi connectivity index (χ2v) is 5.33. The maximum Gasteiger partial charge on any atom is 0.236 e. The van der Waals surface area contributed by atoms with Crippen LogP contribution in [0.3, 0.4) is 0 Å². The van der Waals surface area contributed by atoms with E-state index in [-0.39, 0.29) is 12.5 Å². The van der Waals surface area contributed by atoms with Crippen molar-refractivity contribution in [2.24, 2.45) is 5.73 Å². The minimum absolute atomic E-state index is 0.0722. The van der Waals surface area contributed by atoms with Crippen molar-refractivity contribution in [1.29, 1.82) is 0 Å². The molecular formula is C12H19N3OS. The molecule has 0 aromatic carbocycles. The molecule has 94 valence electrons. The summed E-state index contributed by atoms with van der Waals surface area (Å²) < 4.78 is 0. The monoisotopic (exact) mass is 253 g/mol. The fraction of sp³-hybridized carbons (Fsp3) is 0.583. The Morgan fingerprint density at radius 3 is 2.94 bits per heavy atom. The van der Waals surface area contributed by atoms with E-state index >= 15 is 0 Å². The fourth-order valence-electron chi connectivity index (χ4n) is 2.13. The summed E-state index contributed by atoms with van der Waals surface area (Å²) in [5.41, 5.74) is 5.40. The van der Waals surface area contributed by atoms with Gasteiger partial charge in [-0.2, -0.15) is 0 Å². The molecule has 2 N–H and O–H groups in total. The van der Waals surface area contributed by atoms with Crippen molar-refractivity contribution in [3.63, 3.8) is 0 Å². The van der Waals surface area contributed by atoms with Gasteiger partial charge in [0.1, 0.15) is 0 Å². The van der Waals surface area contributed by atoms with E-state index in [1.807, 2.05) is 4.90 Å². The smallest absolute Gasteiger partial charge is 0.236 e. The van der Waals surface area contributed by atoms with Crippen LogP contribution in [0.2, 0.25) is 0 Å². The summed E-state index contributed by atoms with van der Waals surface area (Å²) in [6.45, 7) is 4.79. The van der Waals surface area contributed by atoms with Gasteiger partial charge in [-0.05, 0) is 17.9 Å². The number of thiophene rings is 1. The average Bonchev–Trinajstić information content (AvgIpc) is 2.73. The SMILES string of the molecule is NCC(=O)N1CCCN(Cc2cccs2)CC1. The molecular weight excluding hydrogens is 234 g/mol. The number of carbonyl (C=O) groups excluding carboxylic acids is 1. The van der Waals surface area contributed by atoms with E-state index in [9.17, 15) is 4.79 Å². The van der Waals surface area contributed by atoms with Crippen molar-refractivity contribution in [3.05, 3.63) is 22.4 Å². The van der Waals surface area contributed by atoms with Crippen LogP contribution >= 0.6 is 11.3 Å². The van der Waals surface area contributed by atoms with E-state index in [0.29, 0.717) is 0 Å². The highest BCUT2D eigenvalue weighted by Crippen LogP contribution is 2.13. The lowest BCUT2D eigenvalue weighted by Gasteiger charge is -2.21. The lowest BCUT2D eigenvalue weighted by Crippen LogP contribution is -2.38. The standard InChI is InChI=1S/C12H19N3OS/c13-9-12(16)15-5-2-4-14(6-7-15)10-11-3-1-8-17-11/h1,3,8H,2,4-7,9-10,13H2. The number of rotatable bonds is 3. The minimum Gasteiger partial charge on any atom is -0.340 e. The van der Waals surface area contributed by atoms with Gasteiger partial charge in [-0.1, -0.05) is 6.07 Å². The molecule has 1 aliphatic heterocycles. The summed E-state index contributed by atoms with van der Waals surface area (Å²) >= 11 is 1.79. The quantitative estimate of drug-likeness (QED) is 0.864. The van der Waals surface area contributed by atoms with Gasteiger partial charge in [-0.15, -0.1) is 11.3 Å². The molecule has 1 aliphatic rings. The molecule has 0 bridgehead atoms. The topological polar surface area (TPSA) is 49.6 Å². The highest BCUT2D eigenvalue weighted by atomic mass is 32.1. The first-order valence-electron chi connectivity index (χ1n) is 6.02. The van der Waals surface area contributed by atoms with Crippen LogP contribution in [0.5, 0.6) is 0 Å². The summed E-state index contributed by atoms with van der Waals surface area (Å²) in [4.78, 5) is 17.2. The van der Waals surface area contributed by atoms with E-state index in [4.69, 9.17) is 5.73 Å². The van der Waals surface area contributed by atoms with Crippen LogP contribution in [-0.4, -0.2) is 48.4 Å². The second-order valence-electron chi connectivity index (χ2n) is 4.29. The molecule has 4 nitrogen and oxygen atoms in total. The largest absolute Gasteiger partial charge is 0.340 e. The van der Waals surface area contributed by atoms with Crippen LogP contribution in [0, 0.1) is 0 Å². The van der Waals surface area contributed by atoms with Crippen LogP contribution in [0.15, 0.2) is 17.5 Å². The second kappa shape index (κ2) is 6.14. The molecule has 0 aliphatic carbocycles. The summed E-state index contributed by atoms with van der Waals surface area (Å²) in [6.07, 6.45) is 1.04. The molecule has 1 aromatic heterocycles. The van der Waals surface area contributed by atoms with Gasteiger partial charge in [0.25, 0.3) is 0 Å². The molecule has 1 aromatic rings. The van der Waals surface area contributed by atoms with Crippen LogP contribution in [-0.2, 0) is 11.3 Å². The van der Waals surface area contributed by atoms with Gasteiger partial charge < -0.3 is 10.6 Å². The number of hydrogen-bond donors (Lipinski definition) is 1. The Kier molecular flexibility index (Phi) is 4.53. The highest BCUT2D eigenvalue weighted by molar-refractivity contribution is 7.09. The first-order chi connectivity index (χ1) is 8.29. The zero-order chi connectivity index (χ0) is 12.1. The maximum atomic E-state index is 11.5. The van der Waals surface area contributed by atoms with Crippen molar-refractivity contribution in [1.82, 2.24) is 9.80 Å². The highest BCUT2D eigenvalue weighted by Gasteiger charge is 2.18. The zero-order valence-corrected chi connectivity index (χ0v) is 10.8. The van der Waals surface area contributed by atoms with Gasteiger partial charge in [-0.3, -0.25) is 9.69 Å². The number of carbonyl (C=O) groups is 1. The van der Waals surface area contributed by atoms with Crippen LogP contribution in [0.25, 0.3) is 0 Å². The maximum absolute atomic E-state index is 11.5. The molecule has 2 heterocycles. The Balaban J connectivity index is 1.85. The number of nitrogens with zero attached hydrogens (tertiary/aromatic N) is 2. The third kappa shape index (κ3) is 3.52. The summed E-state index contributed by atoms with van der Waals surface area (Å²) in [6, 6.07) is 4.25. The Morgan fingerprint density at radius 2 is 2.24 bits per heavy atom. The predicted octanol–water partition coefficient (Wildman–Crippen LogP) is 0.741. The fourth-order valence-corrected chi connectivity index (χ4v) is 2.88. The molecule has 5 heteroatoms. The molecule has 0 radical (unpaired) electrons. The zero-order valence-electron chi connectivity index (χ0n) is 9.97. The summed E-state index contributed by atoms with van der Waals surface area (Å²) in [7, 11) is 0. The first kappa shape index (κ1) is 12.5. The predicted molar refractivity (Wildman–Crippen MR) is 69.8 cm³/mol. The first-order valence-corrected chi connectivity index (χ1v) is 6.90. The van der Waals surface area contributed by atoms with Gasteiger partial charge in [0, 0.05) is 37.6 Å². The Hall–Kier alpha value is -0.910. The van der Waals surface area contributed by atoms with E-state index in [0.717, 1.165) is 39.1 Å². The van der Waals surface area contributed by atoms with Gasteiger partial charge in [0.2, 0.25) is 5.91 Å². The van der Waals surface area contributed by atoms with Crippen molar-refractivity contribution in [2.75, 3.05) is 32.7 Å². The van der Waals surface area contributed by atoms with Gasteiger partial charge in [0.15, 0.2) is 0 Å². The molecule has 0 atom stereocenters. The molecule has 2 rings (SSSR count). The molecule has 1 fully saturated rings. The van der Waals surface area contributed by atoms with E-state index in [2.05, 4.69) is 22.4 Å². The Morgan fingerprint density at radius 1 is 1.35 bits per heavy atom. The van der Waals surface area contributed by atoms with E-state index < -0.39 is 0 Å². The number of hydrogen-bond acceptors (Lipinski definition) is 4. The lowest BCUT2D eigenvalue weighted by atomic mass is 10.3. The third-order valence-corrected chi connectivity index (χ3v) is 3.94. The van der Waals surface area contributed by atoms with E-state index in [1.54, 1.807) is 11.3 Å². The molecule has 0 unspecified atom stereocenters. The minimum atomic E-state index is 0.0722. The lowest BCUT2D eigenvalue weighted by molar-refractivity contribution is -0.129.